The van der Waals surface area contributed by atoms with Crippen molar-refractivity contribution in [3.63, 3.8) is 0 Å². The lowest BCUT2D eigenvalue weighted by Crippen LogP contribution is -2.64. The Kier molecular flexibility index (Phi) is 4.12. The molecule has 3 heterocycles. The molecule has 1 saturated heterocycles. The number of aromatic amines is 1. The lowest BCUT2D eigenvalue weighted by atomic mass is 9.83. The van der Waals surface area contributed by atoms with Gasteiger partial charge in [0.2, 0.25) is 0 Å². The molecule has 2 aliphatic rings. The van der Waals surface area contributed by atoms with E-state index in [2.05, 4.69) is 34.1 Å². The minimum Gasteiger partial charge on any atom is -0.357 e. The van der Waals surface area contributed by atoms with Crippen LogP contribution in [0.4, 0.5) is 0 Å². The van der Waals surface area contributed by atoms with Crippen LogP contribution in [0.1, 0.15) is 37.6 Å². The van der Waals surface area contributed by atoms with Gasteiger partial charge in [0.05, 0.1) is 12.1 Å². The minimum atomic E-state index is -0.684. The van der Waals surface area contributed by atoms with Crippen molar-refractivity contribution in [1.82, 2.24) is 9.88 Å². The molecule has 2 atom stereocenters. The third kappa shape index (κ3) is 2.30. The third-order valence-electron chi connectivity index (χ3n) is 5.56. The number of fused-ring (bicyclic) bond motifs is 5. The van der Waals surface area contributed by atoms with Crippen LogP contribution < -0.4 is 5.73 Å². The van der Waals surface area contributed by atoms with Gasteiger partial charge < -0.3 is 20.2 Å². The van der Waals surface area contributed by atoms with Crippen molar-refractivity contribution in [3.05, 3.63) is 35.5 Å². The quantitative estimate of drug-likeness (QED) is 0.846. The lowest BCUT2D eigenvalue weighted by molar-refractivity contribution is -0.272. The number of piperidine rings is 1. The van der Waals surface area contributed by atoms with Gasteiger partial charge in [-0.2, -0.15) is 0 Å². The highest BCUT2D eigenvalue weighted by Crippen LogP contribution is 2.43. The van der Waals surface area contributed by atoms with Crippen LogP contribution in [0.15, 0.2) is 24.3 Å². The highest BCUT2D eigenvalue weighted by Gasteiger charge is 2.51. The highest BCUT2D eigenvalue weighted by atomic mass is 16.7. The Morgan fingerprint density at radius 1 is 1.21 bits per heavy atom. The van der Waals surface area contributed by atoms with Gasteiger partial charge in [-0.05, 0) is 31.9 Å². The minimum absolute atomic E-state index is 0.119. The number of nitrogens with zero attached hydrogens (tertiary/aromatic N) is 1. The van der Waals surface area contributed by atoms with E-state index >= 15 is 0 Å². The van der Waals surface area contributed by atoms with Gasteiger partial charge in [-0.1, -0.05) is 18.2 Å². The van der Waals surface area contributed by atoms with Crippen LogP contribution in [0.5, 0.6) is 0 Å². The Hall–Kier alpha value is -1.40. The van der Waals surface area contributed by atoms with Crippen molar-refractivity contribution in [3.8, 4) is 0 Å². The van der Waals surface area contributed by atoms with E-state index in [0.29, 0.717) is 13.2 Å². The molecule has 5 heteroatoms. The van der Waals surface area contributed by atoms with Crippen LogP contribution in [0.2, 0.25) is 0 Å². The molecule has 130 valence electrons. The average molecular weight is 329 g/mol. The molecule has 0 amide bonds. The summed E-state index contributed by atoms with van der Waals surface area (Å²) in [6.07, 6.45) is 1.89. The summed E-state index contributed by atoms with van der Waals surface area (Å²) in [7, 11) is 0. The molecule has 0 aliphatic carbocycles. The Morgan fingerprint density at radius 2 is 1.96 bits per heavy atom. The summed E-state index contributed by atoms with van der Waals surface area (Å²) in [6.45, 7) is 7.23. The number of hydrogen-bond acceptors (Lipinski definition) is 4. The first-order chi connectivity index (χ1) is 11.7. The summed E-state index contributed by atoms with van der Waals surface area (Å²) in [5.41, 5.74) is 10.6. The maximum atomic E-state index is 6.77. The zero-order valence-corrected chi connectivity index (χ0v) is 14.5. The molecule has 4 rings (SSSR count). The predicted octanol–water partition coefficient (Wildman–Crippen LogP) is 2.57. The van der Waals surface area contributed by atoms with E-state index in [1.54, 1.807) is 0 Å². The molecule has 3 N–H and O–H groups in total. The normalized spacial score (nSPS) is 26.3. The number of H-pyrrole nitrogens is 1. The lowest BCUT2D eigenvalue weighted by Gasteiger charge is -2.51. The standard InChI is InChI=1S/C19H27N3O2/c1-3-23-19(24-4-2)10-12-22-11-9-14-13-7-5-6-8-15(13)21-16(14)17(22)18(19)20/h5-8,17-18,21H,3-4,9-12,20H2,1-2H3/t17-,18+/m1/s1. The molecule has 2 aromatic rings. The SMILES string of the molecule is CCOC1(OCC)CCN2CCc3c([nH]c4ccccc34)[C@@H]2[C@@H]1N. The van der Waals surface area contributed by atoms with Crippen LogP contribution in [0.25, 0.3) is 10.9 Å². The van der Waals surface area contributed by atoms with E-state index in [9.17, 15) is 0 Å². The van der Waals surface area contributed by atoms with Crippen molar-refractivity contribution >= 4 is 10.9 Å². The topological polar surface area (TPSA) is 63.5 Å². The second-order valence-corrected chi connectivity index (χ2v) is 6.75. The monoisotopic (exact) mass is 329 g/mol. The van der Waals surface area contributed by atoms with E-state index in [4.69, 9.17) is 15.2 Å². The molecule has 0 spiro atoms. The molecule has 0 radical (unpaired) electrons. The van der Waals surface area contributed by atoms with Gasteiger partial charge in [0.1, 0.15) is 0 Å². The Morgan fingerprint density at radius 3 is 2.71 bits per heavy atom. The maximum Gasteiger partial charge on any atom is 0.186 e. The zero-order valence-electron chi connectivity index (χ0n) is 14.5. The van der Waals surface area contributed by atoms with E-state index < -0.39 is 5.79 Å². The second-order valence-electron chi connectivity index (χ2n) is 6.75. The maximum absolute atomic E-state index is 6.77. The number of nitrogens with one attached hydrogen (secondary N) is 1. The summed E-state index contributed by atoms with van der Waals surface area (Å²) < 4.78 is 12.1. The van der Waals surface area contributed by atoms with Crippen molar-refractivity contribution in [1.29, 1.82) is 0 Å². The number of aromatic nitrogens is 1. The number of rotatable bonds is 4. The molecule has 5 nitrogen and oxygen atoms in total. The first-order valence-electron chi connectivity index (χ1n) is 9.07. The van der Waals surface area contributed by atoms with Crippen molar-refractivity contribution in [2.75, 3.05) is 26.3 Å². The number of para-hydroxylation sites is 1. The summed E-state index contributed by atoms with van der Waals surface area (Å²) >= 11 is 0. The summed E-state index contributed by atoms with van der Waals surface area (Å²) in [4.78, 5) is 6.12. The predicted molar refractivity (Wildman–Crippen MR) is 94.9 cm³/mol. The van der Waals surface area contributed by atoms with Gasteiger partial charge in [0, 0.05) is 49.3 Å². The molecule has 0 bridgehead atoms. The molecule has 0 saturated carbocycles. The fourth-order valence-corrected chi connectivity index (χ4v) is 4.55. The smallest absolute Gasteiger partial charge is 0.186 e. The molecular weight excluding hydrogens is 302 g/mol. The van der Waals surface area contributed by atoms with Crippen molar-refractivity contribution in [2.24, 2.45) is 5.73 Å². The van der Waals surface area contributed by atoms with Gasteiger partial charge in [0.15, 0.2) is 5.79 Å². The average Bonchev–Trinajstić information content (AvgIpc) is 2.97. The van der Waals surface area contributed by atoms with Gasteiger partial charge in [-0.15, -0.1) is 0 Å². The number of benzene rings is 1. The molecule has 2 aliphatic heterocycles. The van der Waals surface area contributed by atoms with Crippen LogP contribution in [-0.4, -0.2) is 48.0 Å². The highest BCUT2D eigenvalue weighted by molar-refractivity contribution is 5.85. The second kappa shape index (κ2) is 6.15. The Bertz CT molecular complexity index is 720. The molecule has 1 fully saturated rings. The first-order valence-corrected chi connectivity index (χ1v) is 9.07. The van der Waals surface area contributed by atoms with Crippen LogP contribution >= 0.6 is 0 Å². The third-order valence-corrected chi connectivity index (χ3v) is 5.56. The van der Waals surface area contributed by atoms with E-state index in [1.807, 2.05) is 13.8 Å². The van der Waals surface area contributed by atoms with Gasteiger partial charge >= 0.3 is 0 Å². The molecule has 1 aromatic heterocycles. The molecular formula is C19H27N3O2. The molecule has 0 unspecified atom stereocenters. The fraction of sp³-hybridized carbons (Fsp3) is 0.579. The zero-order chi connectivity index (χ0) is 16.7. The number of nitrogens with two attached hydrogens (primary N) is 1. The van der Waals surface area contributed by atoms with Gasteiger partial charge in [0.25, 0.3) is 0 Å². The fourth-order valence-electron chi connectivity index (χ4n) is 4.55. The first kappa shape index (κ1) is 16.1. The summed E-state index contributed by atoms with van der Waals surface area (Å²) in [5.74, 6) is -0.684. The van der Waals surface area contributed by atoms with E-state index in [1.165, 1.54) is 22.2 Å². The summed E-state index contributed by atoms with van der Waals surface area (Å²) in [6, 6.07) is 8.44. The molecule has 1 aromatic carbocycles. The summed E-state index contributed by atoms with van der Waals surface area (Å²) in [5, 5.41) is 1.32. The van der Waals surface area contributed by atoms with Crippen LogP contribution in [-0.2, 0) is 15.9 Å². The Balaban J connectivity index is 1.78. The van der Waals surface area contributed by atoms with Crippen molar-refractivity contribution in [2.45, 2.75) is 44.6 Å². The molecule has 24 heavy (non-hydrogen) atoms. The van der Waals surface area contributed by atoms with Crippen LogP contribution in [0.3, 0.4) is 0 Å². The van der Waals surface area contributed by atoms with Crippen LogP contribution in [0, 0.1) is 0 Å². The largest absolute Gasteiger partial charge is 0.357 e. The van der Waals surface area contributed by atoms with Gasteiger partial charge in [-0.3, -0.25) is 4.90 Å². The van der Waals surface area contributed by atoms with Crippen molar-refractivity contribution < 1.29 is 9.47 Å². The van der Waals surface area contributed by atoms with E-state index in [0.717, 1.165) is 25.9 Å². The number of ether oxygens (including phenoxy) is 2. The van der Waals surface area contributed by atoms with E-state index in [-0.39, 0.29) is 12.1 Å². The number of hydrogen-bond donors (Lipinski definition) is 2. The van der Waals surface area contributed by atoms with Gasteiger partial charge in [-0.25, -0.2) is 0 Å². The Labute approximate surface area is 143 Å².